The van der Waals surface area contributed by atoms with E-state index in [1.54, 1.807) is 0 Å². The zero-order valence-corrected chi connectivity index (χ0v) is 13.8. The van der Waals surface area contributed by atoms with Gasteiger partial charge in [-0.15, -0.1) is 0 Å². The molecule has 3 rings (SSSR count). The van der Waals surface area contributed by atoms with Gasteiger partial charge in [-0.2, -0.15) is 0 Å². The summed E-state index contributed by atoms with van der Waals surface area (Å²) in [6.45, 7) is 4.61. The molecule has 21 heavy (non-hydrogen) atoms. The van der Waals surface area contributed by atoms with Crippen molar-refractivity contribution in [3.63, 3.8) is 0 Å². The Kier molecular flexibility index (Phi) is 4.31. The zero-order valence-electron chi connectivity index (χ0n) is 13.0. The van der Waals surface area contributed by atoms with E-state index in [4.69, 9.17) is 11.6 Å². The number of rotatable bonds is 2. The molecule has 1 saturated carbocycles. The summed E-state index contributed by atoms with van der Waals surface area (Å²) in [6.07, 6.45) is 6.45. The number of benzene rings is 1. The number of halogens is 1. The summed E-state index contributed by atoms with van der Waals surface area (Å²) in [4.78, 5) is 0. The molecule has 0 radical (unpaired) electrons. The number of aliphatic hydroxyl groups excluding tert-OH is 1. The van der Waals surface area contributed by atoms with E-state index in [0.29, 0.717) is 0 Å². The van der Waals surface area contributed by atoms with Crippen LogP contribution in [0.2, 0.25) is 5.02 Å². The molecule has 2 aliphatic rings. The topological polar surface area (TPSA) is 32.3 Å². The Labute approximate surface area is 132 Å². The molecule has 2 nitrogen and oxygen atoms in total. The van der Waals surface area contributed by atoms with Crippen molar-refractivity contribution in [3.05, 3.63) is 34.3 Å². The smallest absolute Gasteiger partial charge is 0.0693 e. The average molecular weight is 308 g/mol. The molecule has 3 unspecified atom stereocenters. The van der Waals surface area contributed by atoms with Gasteiger partial charge in [0.15, 0.2) is 0 Å². The highest BCUT2D eigenvalue weighted by Gasteiger charge is 2.40. The van der Waals surface area contributed by atoms with Crippen molar-refractivity contribution < 1.29 is 5.11 Å². The van der Waals surface area contributed by atoms with Gasteiger partial charge in [0.05, 0.1) is 6.10 Å². The first-order chi connectivity index (χ1) is 9.97. The molecule has 3 atom stereocenters. The summed E-state index contributed by atoms with van der Waals surface area (Å²) in [6, 6.07) is 6.74. The third-order valence-corrected chi connectivity index (χ3v) is 5.44. The van der Waals surface area contributed by atoms with E-state index in [-0.39, 0.29) is 23.6 Å². The van der Waals surface area contributed by atoms with Crippen molar-refractivity contribution in [1.29, 1.82) is 0 Å². The summed E-state index contributed by atoms with van der Waals surface area (Å²) in [5.41, 5.74) is 2.88. The Morgan fingerprint density at radius 1 is 1.19 bits per heavy atom. The van der Waals surface area contributed by atoms with Crippen molar-refractivity contribution in [2.24, 2.45) is 5.41 Å². The van der Waals surface area contributed by atoms with E-state index in [1.165, 1.54) is 24.0 Å². The minimum atomic E-state index is -0.216. The first-order valence-electron chi connectivity index (χ1n) is 8.20. The predicted molar refractivity (Wildman–Crippen MR) is 87.7 cm³/mol. The van der Waals surface area contributed by atoms with Gasteiger partial charge in [0.25, 0.3) is 0 Å². The molecular formula is C18H26ClNO. The Hall–Kier alpha value is -0.570. The van der Waals surface area contributed by atoms with Crippen LogP contribution in [-0.4, -0.2) is 17.3 Å². The second-order valence-electron chi connectivity index (χ2n) is 7.42. The van der Waals surface area contributed by atoms with E-state index < -0.39 is 0 Å². The minimum Gasteiger partial charge on any atom is -0.392 e. The highest BCUT2D eigenvalue weighted by molar-refractivity contribution is 6.30. The quantitative estimate of drug-likeness (QED) is 0.801. The molecule has 0 bridgehead atoms. The third kappa shape index (κ3) is 3.13. The summed E-state index contributed by atoms with van der Waals surface area (Å²) >= 11 is 6.20. The highest BCUT2D eigenvalue weighted by Crippen LogP contribution is 2.46. The van der Waals surface area contributed by atoms with Crippen LogP contribution < -0.4 is 5.32 Å². The highest BCUT2D eigenvalue weighted by atomic mass is 35.5. The third-order valence-electron chi connectivity index (χ3n) is 5.21. The molecule has 0 saturated heterocycles. The Bertz CT molecular complexity index is 514. The first kappa shape index (κ1) is 15.3. The second-order valence-corrected chi connectivity index (χ2v) is 7.86. The average Bonchev–Trinajstić information content (AvgIpc) is 2.56. The molecule has 0 heterocycles. The van der Waals surface area contributed by atoms with Crippen LogP contribution in [0.15, 0.2) is 18.2 Å². The lowest BCUT2D eigenvalue weighted by Gasteiger charge is -2.34. The van der Waals surface area contributed by atoms with Gasteiger partial charge in [-0.25, -0.2) is 0 Å². The van der Waals surface area contributed by atoms with Gasteiger partial charge in [0.1, 0.15) is 0 Å². The molecule has 0 aromatic heterocycles. The molecule has 1 aromatic carbocycles. The zero-order chi connectivity index (χ0) is 15.0. The largest absolute Gasteiger partial charge is 0.392 e. The van der Waals surface area contributed by atoms with Crippen LogP contribution in [0.25, 0.3) is 0 Å². The van der Waals surface area contributed by atoms with E-state index in [1.807, 2.05) is 6.07 Å². The molecule has 0 aliphatic heterocycles. The van der Waals surface area contributed by atoms with E-state index in [0.717, 1.165) is 30.7 Å². The summed E-state index contributed by atoms with van der Waals surface area (Å²) in [5, 5.41) is 15.0. The maximum atomic E-state index is 10.4. The molecule has 2 N–H and O–H groups in total. The van der Waals surface area contributed by atoms with Crippen molar-refractivity contribution in [2.75, 3.05) is 0 Å². The first-order valence-corrected chi connectivity index (χ1v) is 8.57. The summed E-state index contributed by atoms with van der Waals surface area (Å²) in [5.74, 6) is 0. The number of nitrogens with one attached hydrogen (secondary N) is 1. The van der Waals surface area contributed by atoms with E-state index >= 15 is 0 Å². The number of hydrogen-bond donors (Lipinski definition) is 2. The fourth-order valence-corrected chi connectivity index (χ4v) is 4.20. The molecule has 1 aromatic rings. The number of hydrogen-bond acceptors (Lipinski definition) is 2. The van der Waals surface area contributed by atoms with Gasteiger partial charge < -0.3 is 10.4 Å². The monoisotopic (exact) mass is 307 g/mol. The lowest BCUT2D eigenvalue weighted by molar-refractivity contribution is 0.100. The van der Waals surface area contributed by atoms with Crippen molar-refractivity contribution in [3.8, 4) is 0 Å². The number of aliphatic hydroxyl groups is 1. The normalized spacial score (nSPS) is 31.7. The molecular weight excluding hydrogens is 282 g/mol. The fourth-order valence-electron chi connectivity index (χ4n) is 4.02. The maximum Gasteiger partial charge on any atom is 0.0693 e. The lowest BCUT2D eigenvalue weighted by Crippen LogP contribution is -2.44. The van der Waals surface area contributed by atoms with Gasteiger partial charge in [0, 0.05) is 17.1 Å². The van der Waals surface area contributed by atoms with Gasteiger partial charge in [-0.1, -0.05) is 50.8 Å². The molecule has 1 fully saturated rings. The Morgan fingerprint density at radius 2 is 1.95 bits per heavy atom. The second kappa shape index (κ2) is 5.91. The molecule has 3 heteroatoms. The van der Waals surface area contributed by atoms with Crippen molar-refractivity contribution in [1.82, 2.24) is 5.32 Å². The van der Waals surface area contributed by atoms with Crippen LogP contribution in [-0.2, 0) is 6.42 Å². The summed E-state index contributed by atoms with van der Waals surface area (Å²) < 4.78 is 0. The van der Waals surface area contributed by atoms with Crippen LogP contribution in [0.5, 0.6) is 0 Å². The predicted octanol–water partition coefficient (Wildman–Crippen LogP) is 4.25. The van der Waals surface area contributed by atoms with Crippen molar-refractivity contribution in [2.45, 2.75) is 70.6 Å². The lowest BCUT2D eigenvalue weighted by atomic mass is 9.84. The number of fused-ring (bicyclic) bond motifs is 1. The van der Waals surface area contributed by atoms with Crippen LogP contribution in [0.1, 0.15) is 63.1 Å². The fraction of sp³-hybridized carbons (Fsp3) is 0.667. The van der Waals surface area contributed by atoms with Crippen LogP contribution in [0.3, 0.4) is 0 Å². The van der Waals surface area contributed by atoms with Gasteiger partial charge in [-0.05, 0) is 47.9 Å². The van der Waals surface area contributed by atoms with E-state index in [9.17, 15) is 5.11 Å². The maximum absolute atomic E-state index is 10.4. The molecule has 2 aliphatic carbocycles. The Balaban J connectivity index is 1.85. The van der Waals surface area contributed by atoms with Gasteiger partial charge >= 0.3 is 0 Å². The molecule has 0 spiro atoms. The van der Waals surface area contributed by atoms with Gasteiger partial charge in [-0.3, -0.25) is 0 Å². The van der Waals surface area contributed by atoms with Crippen LogP contribution in [0.4, 0.5) is 0 Å². The SMILES string of the molecule is CC1(C)Cc2ccc(Cl)cc2C1NC1CCCCCC1O. The molecule has 0 amide bonds. The minimum absolute atomic E-state index is 0.166. The van der Waals surface area contributed by atoms with E-state index in [2.05, 4.69) is 31.3 Å². The van der Waals surface area contributed by atoms with Crippen LogP contribution >= 0.6 is 11.6 Å². The Morgan fingerprint density at radius 3 is 2.76 bits per heavy atom. The summed E-state index contributed by atoms with van der Waals surface area (Å²) in [7, 11) is 0. The van der Waals surface area contributed by atoms with Gasteiger partial charge in [0.2, 0.25) is 0 Å². The molecule has 116 valence electrons. The van der Waals surface area contributed by atoms with Crippen molar-refractivity contribution >= 4 is 11.6 Å². The van der Waals surface area contributed by atoms with Crippen LogP contribution in [0, 0.1) is 5.41 Å². The standard InChI is InChI=1S/C18H26ClNO/c1-18(2)11-12-8-9-13(19)10-14(12)17(18)20-15-6-4-3-5-7-16(15)21/h8-10,15-17,20-21H,3-7,11H2,1-2H3.